The highest BCUT2D eigenvalue weighted by molar-refractivity contribution is 7.92. The molecule has 0 aromatic heterocycles. The minimum Gasteiger partial charge on any atom is -0.478 e. The normalized spacial score (nSPS) is 18.3. The summed E-state index contributed by atoms with van der Waals surface area (Å²) in [6.07, 6.45) is 7.27. The molecule has 1 saturated carbocycles. The molecule has 1 aliphatic carbocycles. The van der Waals surface area contributed by atoms with Crippen molar-refractivity contribution in [3.8, 4) is 0 Å². The molecule has 7 nitrogen and oxygen atoms in total. The molecule has 1 heterocycles. The van der Waals surface area contributed by atoms with E-state index in [1.54, 1.807) is 36.4 Å². The van der Waals surface area contributed by atoms with Gasteiger partial charge in [0.05, 0.1) is 21.8 Å². The number of rotatable bonds is 7. The molecule has 33 heavy (non-hydrogen) atoms. The number of carbonyl (C=O) groups is 1. The Hall–Kier alpha value is -2.58. The van der Waals surface area contributed by atoms with Gasteiger partial charge >= 0.3 is 5.97 Å². The third-order valence-corrected chi connectivity index (χ3v) is 8.26. The number of benzene rings is 2. The highest BCUT2D eigenvalue weighted by Crippen LogP contribution is 2.32. The molecule has 2 N–H and O–H groups in total. The first kappa shape index (κ1) is 23.6. The molecule has 2 aromatic carbocycles. The first-order valence-electron chi connectivity index (χ1n) is 11.9. The predicted molar refractivity (Wildman–Crippen MR) is 131 cm³/mol. The summed E-state index contributed by atoms with van der Waals surface area (Å²) in [6, 6.07) is 12.1. The van der Waals surface area contributed by atoms with E-state index in [0.29, 0.717) is 11.7 Å². The van der Waals surface area contributed by atoms with Crippen molar-refractivity contribution in [3.05, 3.63) is 53.6 Å². The van der Waals surface area contributed by atoms with Crippen molar-refractivity contribution in [2.24, 2.45) is 0 Å². The van der Waals surface area contributed by atoms with Gasteiger partial charge in [-0.1, -0.05) is 38.3 Å². The van der Waals surface area contributed by atoms with E-state index in [1.165, 1.54) is 38.2 Å². The van der Waals surface area contributed by atoms with E-state index in [-0.39, 0.29) is 10.5 Å². The fraction of sp³-hybridized carbons (Fsp3) is 0.480. The van der Waals surface area contributed by atoms with Crippen molar-refractivity contribution < 1.29 is 18.3 Å². The maximum Gasteiger partial charge on any atom is 0.335 e. The SMILES string of the molecule is CCc1ccc(S(=O)(=O)Nc2cc(C(=O)O)ccc2N2CCN(C3CCCCC3)CC2)cc1. The van der Waals surface area contributed by atoms with Gasteiger partial charge in [-0.25, -0.2) is 13.2 Å². The number of hydrogen-bond acceptors (Lipinski definition) is 5. The summed E-state index contributed by atoms with van der Waals surface area (Å²) in [5, 5.41) is 9.46. The van der Waals surface area contributed by atoms with Crippen LogP contribution in [-0.4, -0.2) is 56.6 Å². The lowest BCUT2D eigenvalue weighted by Gasteiger charge is -2.42. The second-order valence-corrected chi connectivity index (χ2v) is 10.6. The first-order valence-corrected chi connectivity index (χ1v) is 13.3. The van der Waals surface area contributed by atoms with Gasteiger partial charge in [0.2, 0.25) is 0 Å². The summed E-state index contributed by atoms with van der Waals surface area (Å²) in [6.45, 7) is 5.43. The van der Waals surface area contributed by atoms with Crippen LogP contribution >= 0.6 is 0 Å². The van der Waals surface area contributed by atoms with E-state index in [9.17, 15) is 18.3 Å². The molecule has 178 valence electrons. The molecule has 0 unspecified atom stereocenters. The van der Waals surface area contributed by atoms with E-state index in [1.807, 2.05) is 6.92 Å². The number of nitrogens with one attached hydrogen (secondary N) is 1. The number of aromatic carboxylic acids is 1. The maximum absolute atomic E-state index is 13.1. The van der Waals surface area contributed by atoms with Gasteiger partial charge in [0.1, 0.15) is 0 Å². The van der Waals surface area contributed by atoms with E-state index >= 15 is 0 Å². The van der Waals surface area contributed by atoms with E-state index in [2.05, 4.69) is 14.5 Å². The van der Waals surface area contributed by atoms with Crippen LogP contribution < -0.4 is 9.62 Å². The van der Waals surface area contributed by atoms with Crippen molar-refractivity contribution in [3.63, 3.8) is 0 Å². The monoisotopic (exact) mass is 471 g/mol. The van der Waals surface area contributed by atoms with Crippen LogP contribution in [0.2, 0.25) is 0 Å². The lowest BCUT2D eigenvalue weighted by molar-refractivity contribution is 0.0697. The van der Waals surface area contributed by atoms with Crippen LogP contribution in [0.3, 0.4) is 0 Å². The molecular weight excluding hydrogens is 438 g/mol. The zero-order valence-electron chi connectivity index (χ0n) is 19.2. The van der Waals surface area contributed by atoms with Crippen molar-refractivity contribution in [2.75, 3.05) is 35.8 Å². The van der Waals surface area contributed by atoms with Crippen molar-refractivity contribution >= 4 is 27.4 Å². The lowest BCUT2D eigenvalue weighted by Crippen LogP contribution is -2.51. The Morgan fingerprint density at radius 1 is 1.00 bits per heavy atom. The average Bonchev–Trinajstić information content (AvgIpc) is 2.84. The van der Waals surface area contributed by atoms with E-state index < -0.39 is 16.0 Å². The van der Waals surface area contributed by atoms with E-state index in [4.69, 9.17) is 0 Å². The number of carboxylic acid groups (broad SMARTS) is 1. The molecule has 8 heteroatoms. The summed E-state index contributed by atoms with van der Waals surface area (Å²) in [5.74, 6) is -1.09. The summed E-state index contributed by atoms with van der Waals surface area (Å²) >= 11 is 0. The molecule has 0 bridgehead atoms. The summed E-state index contributed by atoms with van der Waals surface area (Å²) in [5.41, 5.74) is 2.13. The number of piperazine rings is 1. The van der Waals surface area contributed by atoms with Gasteiger partial charge in [-0.15, -0.1) is 0 Å². The van der Waals surface area contributed by atoms with E-state index in [0.717, 1.165) is 43.9 Å². The van der Waals surface area contributed by atoms with Gasteiger partial charge in [0.15, 0.2) is 0 Å². The smallest absolute Gasteiger partial charge is 0.335 e. The number of carboxylic acids is 1. The highest BCUT2D eigenvalue weighted by Gasteiger charge is 2.27. The van der Waals surface area contributed by atoms with Gasteiger partial charge in [0, 0.05) is 32.2 Å². The van der Waals surface area contributed by atoms with Crippen molar-refractivity contribution in [2.45, 2.75) is 56.4 Å². The second kappa shape index (κ2) is 10.1. The van der Waals surface area contributed by atoms with Crippen molar-refractivity contribution in [1.29, 1.82) is 0 Å². The molecule has 1 saturated heterocycles. The number of sulfonamides is 1. The maximum atomic E-state index is 13.1. The number of aryl methyl sites for hydroxylation is 1. The first-order chi connectivity index (χ1) is 15.9. The van der Waals surface area contributed by atoms with Crippen LogP contribution in [0, 0.1) is 0 Å². The van der Waals surface area contributed by atoms with Crippen LogP contribution in [0.15, 0.2) is 47.4 Å². The van der Waals surface area contributed by atoms with Gasteiger partial charge < -0.3 is 10.0 Å². The summed E-state index contributed by atoms with van der Waals surface area (Å²) < 4.78 is 28.8. The topological polar surface area (TPSA) is 89.9 Å². The van der Waals surface area contributed by atoms with Crippen LogP contribution in [0.4, 0.5) is 11.4 Å². The molecule has 1 aliphatic heterocycles. The van der Waals surface area contributed by atoms with Crippen LogP contribution in [-0.2, 0) is 16.4 Å². The zero-order valence-corrected chi connectivity index (χ0v) is 20.0. The highest BCUT2D eigenvalue weighted by atomic mass is 32.2. The number of nitrogens with zero attached hydrogens (tertiary/aromatic N) is 2. The Bertz CT molecular complexity index is 1070. The number of anilines is 2. The Kier molecular flexibility index (Phi) is 7.24. The molecule has 0 spiro atoms. The molecule has 2 aromatic rings. The van der Waals surface area contributed by atoms with Gasteiger partial charge in [-0.3, -0.25) is 9.62 Å². The molecule has 0 radical (unpaired) electrons. The van der Waals surface area contributed by atoms with Gasteiger partial charge in [-0.05, 0) is 55.2 Å². The standard InChI is InChI=1S/C25H33N3O4S/c1-2-19-8-11-22(12-9-19)33(31,32)26-23-18-20(25(29)30)10-13-24(23)28-16-14-27(15-17-28)21-6-4-3-5-7-21/h8-13,18,21,26H,2-7,14-17H2,1H3,(H,29,30). The van der Waals surface area contributed by atoms with Gasteiger partial charge in [0.25, 0.3) is 10.0 Å². The number of hydrogen-bond donors (Lipinski definition) is 2. The van der Waals surface area contributed by atoms with Crippen LogP contribution in [0.1, 0.15) is 54.9 Å². The quantitative estimate of drug-likeness (QED) is 0.629. The average molecular weight is 472 g/mol. The second-order valence-electron chi connectivity index (χ2n) is 8.95. The third-order valence-electron chi connectivity index (χ3n) is 6.88. The summed E-state index contributed by atoms with van der Waals surface area (Å²) in [7, 11) is -3.85. The Labute approximate surface area is 196 Å². The molecular formula is C25H33N3O4S. The predicted octanol–water partition coefficient (Wildman–Crippen LogP) is 4.20. The minimum absolute atomic E-state index is 0.0543. The Morgan fingerprint density at radius 2 is 1.67 bits per heavy atom. The fourth-order valence-corrected chi connectivity index (χ4v) is 5.97. The molecule has 2 aliphatic rings. The van der Waals surface area contributed by atoms with Crippen LogP contribution in [0.5, 0.6) is 0 Å². The summed E-state index contributed by atoms with van der Waals surface area (Å²) in [4.78, 5) is 16.4. The van der Waals surface area contributed by atoms with Crippen molar-refractivity contribution in [1.82, 2.24) is 4.90 Å². The lowest BCUT2D eigenvalue weighted by atomic mass is 9.94. The zero-order chi connectivity index (χ0) is 23.4. The Balaban J connectivity index is 1.55. The molecule has 4 rings (SSSR count). The molecule has 2 fully saturated rings. The minimum atomic E-state index is -3.85. The fourth-order valence-electron chi connectivity index (χ4n) is 4.91. The third kappa shape index (κ3) is 5.50. The largest absolute Gasteiger partial charge is 0.478 e. The Morgan fingerprint density at radius 3 is 2.27 bits per heavy atom. The van der Waals surface area contributed by atoms with Gasteiger partial charge in [-0.2, -0.15) is 0 Å². The van der Waals surface area contributed by atoms with Crippen LogP contribution in [0.25, 0.3) is 0 Å². The molecule has 0 amide bonds. The molecule has 0 atom stereocenters.